The zero-order valence-corrected chi connectivity index (χ0v) is 6.04. The average Bonchev–Trinajstić information content (AvgIpc) is 1.64. The zero-order chi connectivity index (χ0) is 7.49. The predicted molar refractivity (Wildman–Crippen MR) is 31.4 cm³/mol. The van der Waals surface area contributed by atoms with E-state index in [9.17, 15) is 9.67 Å². The third-order valence-corrected chi connectivity index (χ3v) is 1.92. The molecule has 0 saturated carbocycles. The zero-order valence-electron chi connectivity index (χ0n) is 5.15. The van der Waals surface area contributed by atoms with Gasteiger partial charge < -0.3 is 9.79 Å². The maximum Gasteiger partial charge on any atom is 0.357 e. The Morgan fingerprint density at radius 1 is 1.56 bits per heavy atom. The van der Waals surface area contributed by atoms with E-state index < -0.39 is 13.4 Å². The lowest BCUT2D eigenvalue weighted by atomic mass is 10.4. The van der Waals surface area contributed by atoms with E-state index in [0.29, 0.717) is 6.42 Å². The minimum atomic E-state index is -4.33. The van der Waals surface area contributed by atoms with Crippen LogP contribution >= 0.6 is 7.60 Å². The molecule has 0 aromatic rings. The van der Waals surface area contributed by atoms with Crippen LogP contribution in [-0.4, -0.2) is 15.6 Å². The van der Waals surface area contributed by atoms with Crippen molar-refractivity contribution in [1.29, 1.82) is 0 Å². The van der Waals surface area contributed by atoms with Crippen LogP contribution in [0.2, 0.25) is 0 Å². The quantitative estimate of drug-likeness (QED) is 0.586. The Hall–Kier alpha value is 0.110. The third-order valence-electron chi connectivity index (χ3n) is 0.911. The summed E-state index contributed by atoms with van der Waals surface area (Å²) in [5, 5.41) is 10.4. The number of hydrogen-bond acceptors (Lipinski definition) is 1. The predicted octanol–water partition coefficient (Wildman–Crippen LogP) is 0.721. The van der Waals surface area contributed by atoms with Gasteiger partial charge in [0.05, 0.1) is 0 Å². The summed E-state index contributed by atoms with van der Waals surface area (Å²) in [6.45, 7) is 1.71. The number of hydrogen-bond donors (Lipinski definition) is 2. The molecule has 1 radical (unpaired) electrons. The van der Waals surface area contributed by atoms with Crippen molar-refractivity contribution in [2.75, 3.05) is 0 Å². The Labute approximate surface area is 53.7 Å². The summed E-state index contributed by atoms with van der Waals surface area (Å²) in [6.07, 6.45) is 0.559. The minimum Gasteiger partial charge on any atom is -0.323 e. The van der Waals surface area contributed by atoms with Gasteiger partial charge in [0.2, 0.25) is 0 Å². The maximum absolute atomic E-state index is 10.4. The molecule has 0 saturated heterocycles. The summed E-state index contributed by atoms with van der Waals surface area (Å²) < 4.78 is 10.1. The molecule has 0 aromatic heterocycles. The first-order chi connectivity index (χ1) is 3.98. The molecule has 9 heavy (non-hydrogen) atoms. The second kappa shape index (κ2) is 3.32. The Balaban J connectivity index is 3.74. The molecule has 0 fully saturated rings. The van der Waals surface area contributed by atoms with E-state index in [1.807, 2.05) is 0 Å². The molecular weight excluding hydrogens is 143 g/mol. The smallest absolute Gasteiger partial charge is 0.323 e. The standard InChI is InChI=1S/C4H10O4P/c1-2-3-4(5)9(6,7)8/h4H,2-3H2,1H3,(H2,6,7,8). The molecule has 4 nitrogen and oxygen atoms in total. The van der Waals surface area contributed by atoms with E-state index in [0.717, 1.165) is 0 Å². The van der Waals surface area contributed by atoms with Gasteiger partial charge in [-0.2, -0.15) is 0 Å². The normalized spacial score (nSPS) is 15.6. The second-order valence-corrected chi connectivity index (χ2v) is 3.59. The highest BCUT2D eigenvalue weighted by atomic mass is 31.2. The first-order valence-electron chi connectivity index (χ1n) is 2.69. The van der Waals surface area contributed by atoms with Gasteiger partial charge in [0.15, 0.2) is 5.85 Å². The summed E-state index contributed by atoms with van der Waals surface area (Å²) >= 11 is 0. The fourth-order valence-electron chi connectivity index (χ4n) is 0.415. The number of rotatable bonds is 3. The van der Waals surface area contributed by atoms with Crippen molar-refractivity contribution in [2.45, 2.75) is 25.6 Å². The molecule has 5 heteroatoms. The van der Waals surface area contributed by atoms with Gasteiger partial charge in [0.25, 0.3) is 0 Å². The van der Waals surface area contributed by atoms with Crippen LogP contribution in [0, 0.1) is 0 Å². The first kappa shape index (κ1) is 9.11. The Bertz CT molecular complexity index is 118. The van der Waals surface area contributed by atoms with Gasteiger partial charge in [-0.15, -0.1) is 0 Å². The lowest BCUT2D eigenvalue weighted by molar-refractivity contribution is 0.118. The largest absolute Gasteiger partial charge is 0.357 e. The van der Waals surface area contributed by atoms with Crippen LogP contribution in [0.1, 0.15) is 19.8 Å². The summed E-state index contributed by atoms with van der Waals surface area (Å²) in [5.41, 5.74) is 0. The summed E-state index contributed by atoms with van der Waals surface area (Å²) in [4.78, 5) is 16.4. The van der Waals surface area contributed by atoms with Gasteiger partial charge in [0, 0.05) is 0 Å². The Morgan fingerprint density at radius 2 is 2.00 bits per heavy atom. The van der Waals surface area contributed by atoms with Crippen LogP contribution in [0.15, 0.2) is 0 Å². The highest BCUT2D eigenvalue weighted by molar-refractivity contribution is 7.52. The molecule has 2 N–H and O–H groups in total. The van der Waals surface area contributed by atoms with Gasteiger partial charge in [-0.05, 0) is 6.42 Å². The molecule has 0 amide bonds. The molecule has 1 atom stereocenters. The molecule has 55 valence electrons. The molecule has 0 spiro atoms. The summed E-state index contributed by atoms with van der Waals surface area (Å²) in [6, 6.07) is 0. The monoisotopic (exact) mass is 153 g/mol. The van der Waals surface area contributed by atoms with Gasteiger partial charge >= 0.3 is 7.60 Å². The molecule has 0 heterocycles. The summed E-state index contributed by atoms with van der Waals surface area (Å²) in [5.74, 6) is -1.72. The fraction of sp³-hybridized carbons (Fsp3) is 1.00. The maximum atomic E-state index is 10.4. The highest BCUT2D eigenvalue weighted by Gasteiger charge is 2.26. The SMILES string of the molecule is CCCC([O])P(=O)(O)O. The van der Waals surface area contributed by atoms with Gasteiger partial charge in [0.1, 0.15) is 0 Å². The molecule has 0 aromatic carbocycles. The van der Waals surface area contributed by atoms with Crippen molar-refractivity contribution in [3.05, 3.63) is 0 Å². The molecule has 0 aliphatic rings. The molecule has 1 unspecified atom stereocenters. The molecule has 0 rings (SSSR count). The van der Waals surface area contributed by atoms with Crippen molar-refractivity contribution in [1.82, 2.24) is 0 Å². The van der Waals surface area contributed by atoms with E-state index >= 15 is 0 Å². The van der Waals surface area contributed by atoms with E-state index in [-0.39, 0.29) is 6.42 Å². The van der Waals surface area contributed by atoms with Crippen molar-refractivity contribution in [2.24, 2.45) is 0 Å². The second-order valence-electron chi connectivity index (χ2n) is 1.83. The van der Waals surface area contributed by atoms with Crippen LogP contribution in [0.3, 0.4) is 0 Å². The van der Waals surface area contributed by atoms with Crippen molar-refractivity contribution in [3.8, 4) is 0 Å². The molecule has 0 bridgehead atoms. The van der Waals surface area contributed by atoms with Crippen LogP contribution in [-0.2, 0) is 9.67 Å². The van der Waals surface area contributed by atoms with Crippen molar-refractivity contribution < 1.29 is 19.5 Å². The Morgan fingerprint density at radius 3 is 2.11 bits per heavy atom. The first-order valence-corrected chi connectivity index (χ1v) is 4.37. The summed E-state index contributed by atoms with van der Waals surface area (Å²) in [7, 11) is -4.33. The molecular formula is C4H10O4P. The van der Waals surface area contributed by atoms with Gasteiger partial charge in [-0.1, -0.05) is 13.3 Å². The fourth-order valence-corrected chi connectivity index (χ4v) is 1.01. The van der Waals surface area contributed by atoms with Crippen LogP contribution in [0.5, 0.6) is 0 Å². The van der Waals surface area contributed by atoms with Crippen molar-refractivity contribution >= 4 is 7.60 Å². The van der Waals surface area contributed by atoms with E-state index in [1.165, 1.54) is 0 Å². The van der Waals surface area contributed by atoms with E-state index in [1.54, 1.807) is 6.92 Å². The van der Waals surface area contributed by atoms with Crippen molar-refractivity contribution in [3.63, 3.8) is 0 Å². The van der Waals surface area contributed by atoms with Gasteiger partial charge in [-0.25, -0.2) is 5.11 Å². The van der Waals surface area contributed by atoms with E-state index in [4.69, 9.17) is 9.79 Å². The Kier molecular flexibility index (Phi) is 3.36. The van der Waals surface area contributed by atoms with Crippen LogP contribution in [0.25, 0.3) is 0 Å². The van der Waals surface area contributed by atoms with Crippen LogP contribution < -0.4 is 0 Å². The lowest BCUT2D eigenvalue weighted by Gasteiger charge is -2.06. The van der Waals surface area contributed by atoms with E-state index in [2.05, 4.69) is 0 Å². The third kappa shape index (κ3) is 3.65. The van der Waals surface area contributed by atoms with Crippen LogP contribution in [0.4, 0.5) is 0 Å². The highest BCUT2D eigenvalue weighted by Crippen LogP contribution is 2.41. The van der Waals surface area contributed by atoms with Gasteiger partial charge in [-0.3, -0.25) is 4.57 Å². The topological polar surface area (TPSA) is 77.4 Å². The minimum absolute atomic E-state index is 0.0459. The molecule has 0 aliphatic heterocycles. The lowest BCUT2D eigenvalue weighted by Crippen LogP contribution is -2.03. The molecule has 0 aliphatic carbocycles. The average molecular weight is 153 g/mol.